The van der Waals surface area contributed by atoms with Gasteiger partial charge in [0, 0.05) is 33.5 Å². The van der Waals surface area contributed by atoms with E-state index in [9.17, 15) is 0 Å². The third kappa shape index (κ3) is 4.78. The largest absolute Gasteiger partial charge is 0.399 e. The van der Waals surface area contributed by atoms with Crippen LogP contribution in [0.3, 0.4) is 0 Å². The summed E-state index contributed by atoms with van der Waals surface area (Å²) in [6.45, 7) is 5.01. The molecular formula is C16H20ClN3OS. The third-order valence-electron chi connectivity index (χ3n) is 3.29. The predicted molar refractivity (Wildman–Crippen MR) is 92.6 cm³/mol. The van der Waals surface area contributed by atoms with Gasteiger partial charge in [0.25, 0.3) is 0 Å². The van der Waals surface area contributed by atoms with E-state index in [-0.39, 0.29) is 5.41 Å². The van der Waals surface area contributed by atoms with Gasteiger partial charge >= 0.3 is 0 Å². The summed E-state index contributed by atoms with van der Waals surface area (Å²) >= 11 is 7.70. The van der Waals surface area contributed by atoms with Crippen LogP contribution in [0.1, 0.15) is 13.8 Å². The summed E-state index contributed by atoms with van der Waals surface area (Å²) in [6.07, 6.45) is 5.47. The minimum Gasteiger partial charge on any atom is -0.399 e. The molecule has 1 aromatic carbocycles. The molecule has 1 aromatic heterocycles. The van der Waals surface area contributed by atoms with Crippen LogP contribution in [0.4, 0.5) is 0 Å². The number of hydrogen-bond donors (Lipinski definition) is 0. The van der Waals surface area contributed by atoms with Crippen molar-refractivity contribution in [1.82, 2.24) is 9.55 Å². The minimum absolute atomic E-state index is 0.107. The summed E-state index contributed by atoms with van der Waals surface area (Å²) in [7, 11) is 1.58. The topological polar surface area (TPSA) is 39.4 Å². The third-order valence-corrected chi connectivity index (χ3v) is 5.01. The van der Waals surface area contributed by atoms with Crippen LogP contribution in [0.15, 0.2) is 53.0 Å². The lowest BCUT2D eigenvalue weighted by molar-refractivity contribution is 0.207. The number of halogens is 1. The van der Waals surface area contributed by atoms with Gasteiger partial charge in [-0.2, -0.15) is 0 Å². The van der Waals surface area contributed by atoms with Crippen molar-refractivity contribution in [3.63, 3.8) is 0 Å². The predicted octanol–water partition coefficient (Wildman–Crippen LogP) is 4.36. The summed E-state index contributed by atoms with van der Waals surface area (Å²) in [4.78, 5) is 10.3. The Morgan fingerprint density at radius 3 is 2.68 bits per heavy atom. The summed E-state index contributed by atoms with van der Waals surface area (Å²) in [6, 6.07) is 7.89. The Balaban J connectivity index is 2.04. The first-order valence-electron chi connectivity index (χ1n) is 6.96. The maximum absolute atomic E-state index is 5.92. The first kappa shape index (κ1) is 16.9. The first-order valence-corrected chi connectivity index (χ1v) is 8.32. The minimum atomic E-state index is -0.107. The van der Waals surface area contributed by atoms with Crippen LogP contribution in [-0.2, 0) is 11.4 Å². The molecular weight excluding hydrogens is 318 g/mol. The van der Waals surface area contributed by atoms with E-state index in [4.69, 9.17) is 16.4 Å². The van der Waals surface area contributed by atoms with E-state index in [1.165, 1.54) is 4.90 Å². The Hall–Kier alpha value is -1.46. The molecule has 0 aliphatic heterocycles. The smallest absolute Gasteiger partial charge is 0.106 e. The van der Waals surface area contributed by atoms with Crippen molar-refractivity contribution < 1.29 is 4.84 Å². The van der Waals surface area contributed by atoms with Gasteiger partial charge in [-0.05, 0) is 24.3 Å². The molecule has 6 heteroatoms. The Labute approximate surface area is 140 Å². The highest BCUT2D eigenvalue weighted by Gasteiger charge is 2.26. The van der Waals surface area contributed by atoms with Crippen LogP contribution in [0.2, 0.25) is 5.02 Å². The second-order valence-corrected chi connectivity index (χ2v) is 7.07. The van der Waals surface area contributed by atoms with Gasteiger partial charge in [-0.15, -0.1) is 11.8 Å². The number of oxime groups is 1. The molecule has 0 saturated heterocycles. The lowest BCUT2D eigenvalue weighted by atomic mass is 9.89. The van der Waals surface area contributed by atoms with Crippen molar-refractivity contribution in [1.29, 1.82) is 0 Å². The molecule has 4 nitrogen and oxygen atoms in total. The van der Waals surface area contributed by atoms with E-state index in [2.05, 4.69) is 24.0 Å². The van der Waals surface area contributed by atoms with Crippen molar-refractivity contribution in [2.24, 2.45) is 10.6 Å². The summed E-state index contributed by atoms with van der Waals surface area (Å²) in [5.41, 5.74) is 0.874. The van der Waals surface area contributed by atoms with Crippen LogP contribution in [0, 0.1) is 5.41 Å². The van der Waals surface area contributed by atoms with Crippen molar-refractivity contribution in [2.45, 2.75) is 25.3 Å². The molecule has 22 heavy (non-hydrogen) atoms. The molecule has 0 atom stereocenters. The Morgan fingerprint density at radius 2 is 2.09 bits per heavy atom. The van der Waals surface area contributed by atoms with E-state index < -0.39 is 0 Å². The molecule has 0 amide bonds. The number of rotatable bonds is 7. The van der Waals surface area contributed by atoms with Crippen LogP contribution >= 0.6 is 23.4 Å². The lowest BCUT2D eigenvalue weighted by Crippen LogP contribution is -2.30. The highest BCUT2D eigenvalue weighted by Crippen LogP contribution is 2.30. The van der Waals surface area contributed by atoms with Crippen LogP contribution in [0.25, 0.3) is 0 Å². The average Bonchev–Trinajstić information content (AvgIpc) is 2.99. The number of imidazole rings is 1. The molecule has 0 aliphatic carbocycles. The SMILES string of the molecule is CON=C(Cn1ccnc1)C(C)(C)CSc1ccc(Cl)cc1. The molecule has 2 aromatic rings. The van der Waals surface area contributed by atoms with E-state index in [0.717, 1.165) is 16.5 Å². The molecule has 0 N–H and O–H groups in total. The zero-order valence-electron chi connectivity index (χ0n) is 13.0. The lowest BCUT2D eigenvalue weighted by Gasteiger charge is -2.26. The van der Waals surface area contributed by atoms with Gasteiger partial charge in [-0.1, -0.05) is 30.6 Å². The monoisotopic (exact) mass is 337 g/mol. The maximum Gasteiger partial charge on any atom is 0.106 e. The highest BCUT2D eigenvalue weighted by molar-refractivity contribution is 7.99. The van der Waals surface area contributed by atoms with Gasteiger partial charge < -0.3 is 9.40 Å². The molecule has 0 saturated carbocycles. The zero-order chi connectivity index (χ0) is 16.0. The van der Waals surface area contributed by atoms with Crippen molar-refractivity contribution in [3.8, 4) is 0 Å². The Bertz CT molecular complexity index is 609. The normalized spacial score (nSPS) is 12.5. The fourth-order valence-electron chi connectivity index (χ4n) is 1.91. The van der Waals surface area contributed by atoms with E-state index in [0.29, 0.717) is 6.54 Å². The zero-order valence-corrected chi connectivity index (χ0v) is 14.6. The maximum atomic E-state index is 5.92. The van der Waals surface area contributed by atoms with E-state index in [1.54, 1.807) is 31.4 Å². The number of thioether (sulfide) groups is 1. The van der Waals surface area contributed by atoms with Gasteiger partial charge in [0.2, 0.25) is 0 Å². The number of hydrogen-bond acceptors (Lipinski definition) is 4. The molecule has 0 unspecified atom stereocenters. The molecule has 0 radical (unpaired) electrons. The van der Waals surface area contributed by atoms with Gasteiger partial charge in [0.05, 0.1) is 18.6 Å². The fourth-order valence-corrected chi connectivity index (χ4v) is 3.06. The summed E-state index contributed by atoms with van der Waals surface area (Å²) in [5, 5.41) is 4.99. The molecule has 0 aliphatic rings. The molecule has 2 rings (SSSR count). The molecule has 1 heterocycles. The van der Waals surface area contributed by atoms with Gasteiger partial charge in [-0.25, -0.2) is 4.98 Å². The average molecular weight is 338 g/mol. The Kier molecular flexibility index (Phi) is 5.91. The second kappa shape index (κ2) is 7.70. The molecule has 118 valence electrons. The van der Waals surface area contributed by atoms with Gasteiger partial charge in [0.15, 0.2) is 0 Å². The number of aromatic nitrogens is 2. The summed E-state index contributed by atoms with van der Waals surface area (Å²) in [5.74, 6) is 0.894. The van der Waals surface area contributed by atoms with Crippen LogP contribution in [0.5, 0.6) is 0 Å². The molecule has 0 bridgehead atoms. The highest BCUT2D eigenvalue weighted by atomic mass is 35.5. The second-order valence-electron chi connectivity index (χ2n) is 5.58. The van der Waals surface area contributed by atoms with Crippen LogP contribution in [-0.4, -0.2) is 28.1 Å². The first-order chi connectivity index (χ1) is 10.5. The van der Waals surface area contributed by atoms with Gasteiger partial charge in [-0.3, -0.25) is 0 Å². The quantitative estimate of drug-likeness (QED) is 0.428. The molecule has 0 spiro atoms. The van der Waals surface area contributed by atoms with Crippen molar-refractivity contribution in [3.05, 3.63) is 48.0 Å². The fraction of sp³-hybridized carbons (Fsp3) is 0.375. The van der Waals surface area contributed by atoms with Crippen molar-refractivity contribution in [2.75, 3.05) is 12.9 Å². The number of benzene rings is 1. The standard InChI is InChI=1S/C16H20ClN3OS/c1-16(2,11-22-14-6-4-13(17)5-7-14)15(19-21-3)10-20-9-8-18-12-20/h4-9,12H,10-11H2,1-3H3. The summed E-state index contributed by atoms with van der Waals surface area (Å²) < 4.78 is 1.99. The van der Waals surface area contributed by atoms with E-state index in [1.807, 2.05) is 35.0 Å². The van der Waals surface area contributed by atoms with Gasteiger partial charge in [0.1, 0.15) is 7.11 Å². The number of nitrogens with zero attached hydrogens (tertiary/aromatic N) is 3. The van der Waals surface area contributed by atoms with Crippen molar-refractivity contribution >= 4 is 29.1 Å². The molecule has 0 fully saturated rings. The Morgan fingerprint density at radius 1 is 1.36 bits per heavy atom. The van der Waals surface area contributed by atoms with Crippen LogP contribution < -0.4 is 0 Å². The van der Waals surface area contributed by atoms with E-state index >= 15 is 0 Å².